The van der Waals surface area contributed by atoms with E-state index in [2.05, 4.69) is 81.3 Å². The normalized spacial score (nSPS) is 17.7. The molecule has 0 aliphatic carbocycles. The standard InChI is InChI=1S/C40H66O10Si2.C27H30O4/c1-8-15-18-33-25-32(21-22-39(33)43-30-37-28-41-37)36-26-34(19-16-23-51(45-9-2,46-10-3)47-11-4)40(44-31-38-29-42-38)35(27-36)20-17-24-52(48-12-5,49-13-6)50-14-7;1-4-7-20-12-19(10-11-26(20)30-17-24-15-28-24)23-13-21(8-5-2)27(22(14-23)9-6-3)31-18-25-16-29-25/h21-22,25-27,37-38H,8-20,23-24,28-31H2,1-7H3;4-6,10-14,24-25H,1-3,7-9,15-18H2. The third-order valence-corrected chi connectivity index (χ3v) is 20.8. The van der Waals surface area contributed by atoms with Crippen LogP contribution in [0.15, 0.2) is 98.6 Å². The maximum Gasteiger partial charge on any atom is 0.500 e. The summed E-state index contributed by atoms with van der Waals surface area (Å²) < 4.78 is 83.9. The Morgan fingerprint density at radius 3 is 1.07 bits per heavy atom. The van der Waals surface area contributed by atoms with Crippen LogP contribution in [0, 0.1) is 0 Å². The fourth-order valence-corrected chi connectivity index (χ4v) is 15.5. The van der Waals surface area contributed by atoms with E-state index in [9.17, 15) is 0 Å². The Kier molecular flexibility index (Phi) is 27.4. The lowest BCUT2D eigenvalue weighted by molar-refractivity contribution is 0.0700. The van der Waals surface area contributed by atoms with Crippen LogP contribution in [0.25, 0.3) is 22.3 Å². The fourth-order valence-electron chi connectivity index (χ4n) is 10.2. The fraction of sp³-hybridized carbons (Fsp3) is 0.552. The van der Waals surface area contributed by atoms with E-state index >= 15 is 0 Å². The van der Waals surface area contributed by atoms with Crippen LogP contribution in [-0.4, -0.2) is 135 Å². The van der Waals surface area contributed by atoms with Gasteiger partial charge in [-0.05, 0) is 203 Å². The van der Waals surface area contributed by atoms with E-state index in [0.717, 1.165) is 154 Å². The van der Waals surface area contributed by atoms with E-state index in [0.29, 0.717) is 66.1 Å². The molecule has 0 aromatic heterocycles. The van der Waals surface area contributed by atoms with Crippen molar-refractivity contribution < 1.29 is 64.5 Å². The highest BCUT2D eigenvalue weighted by Gasteiger charge is 2.41. The van der Waals surface area contributed by atoms with Gasteiger partial charge in [0.15, 0.2) is 0 Å². The third kappa shape index (κ3) is 21.1. The molecule has 0 amide bonds. The molecule has 0 bridgehead atoms. The van der Waals surface area contributed by atoms with E-state index in [4.69, 9.17) is 64.5 Å². The molecular weight excluding hydrogens is 1080 g/mol. The first-order valence-corrected chi connectivity index (χ1v) is 34.7. The monoisotopic (exact) mass is 1180 g/mol. The van der Waals surface area contributed by atoms with Crippen molar-refractivity contribution in [2.24, 2.45) is 0 Å². The van der Waals surface area contributed by atoms with Crippen molar-refractivity contribution in [3.05, 3.63) is 132 Å². The van der Waals surface area contributed by atoms with Gasteiger partial charge in [0.25, 0.3) is 0 Å². The van der Waals surface area contributed by atoms with Gasteiger partial charge in [-0.2, -0.15) is 0 Å². The molecule has 4 atom stereocenters. The average Bonchev–Trinajstić information content (AvgIpc) is 4.44. The van der Waals surface area contributed by atoms with Crippen LogP contribution < -0.4 is 18.9 Å². The Balaban J connectivity index is 0.000000270. The second-order valence-corrected chi connectivity index (χ2v) is 26.7. The second-order valence-electron chi connectivity index (χ2n) is 21.2. The zero-order chi connectivity index (χ0) is 58.9. The molecule has 0 N–H and O–H groups in total. The van der Waals surface area contributed by atoms with Crippen molar-refractivity contribution in [1.29, 1.82) is 0 Å². The van der Waals surface area contributed by atoms with Gasteiger partial charge in [0.05, 0.1) is 26.4 Å². The summed E-state index contributed by atoms with van der Waals surface area (Å²) in [6.07, 6.45) is 15.2. The number of rotatable bonds is 43. The first-order valence-electron chi connectivity index (χ1n) is 30.8. The van der Waals surface area contributed by atoms with Gasteiger partial charge in [0.1, 0.15) is 73.8 Å². The van der Waals surface area contributed by atoms with Gasteiger partial charge >= 0.3 is 17.6 Å². The number of benzene rings is 4. The summed E-state index contributed by atoms with van der Waals surface area (Å²) in [6, 6.07) is 23.5. The van der Waals surface area contributed by atoms with Crippen LogP contribution >= 0.6 is 0 Å². The maximum absolute atomic E-state index is 6.67. The van der Waals surface area contributed by atoms with Crippen LogP contribution in [0.5, 0.6) is 23.0 Å². The predicted octanol–water partition coefficient (Wildman–Crippen LogP) is 13.3. The third-order valence-electron chi connectivity index (χ3n) is 14.5. The molecule has 14 nitrogen and oxygen atoms in total. The summed E-state index contributed by atoms with van der Waals surface area (Å²) in [5.41, 5.74) is 11.6. The number of hydrogen-bond donors (Lipinski definition) is 0. The Hall–Kier alpha value is -4.67. The molecule has 0 spiro atoms. The summed E-state index contributed by atoms with van der Waals surface area (Å²) in [4.78, 5) is 0. The van der Waals surface area contributed by atoms with Gasteiger partial charge in [-0.25, -0.2) is 0 Å². The Labute approximate surface area is 498 Å². The highest BCUT2D eigenvalue weighted by atomic mass is 28.4. The number of allylic oxidation sites excluding steroid dienone is 3. The van der Waals surface area contributed by atoms with Gasteiger partial charge in [0, 0.05) is 51.7 Å². The van der Waals surface area contributed by atoms with E-state index in [1.165, 1.54) is 27.8 Å². The molecule has 83 heavy (non-hydrogen) atoms. The molecule has 4 unspecified atom stereocenters. The van der Waals surface area contributed by atoms with Crippen molar-refractivity contribution in [3.63, 3.8) is 0 Å². The number of ether oxygens (including phenoxy) is 8. The minimum atomic E-state index is -2.81. The van der Waals surface area contributed by atoms with Crippen molar-refractivity contribution >= 4 is 17.6 Å². The topological polar surface area (TPSA) is 142 Å². The smallest absolute Gasteiger partial charge is 0.491 e. The molecule has 0 saturated carbocycles. The highest BCUT2D eigenvalue weighted by molar-refractivity contribution is 6.61. The first kappa shape index (κ1) is 65.9. The van der Waals surface area contributed by atoms with Gasteiger partial charge in [-0.1, -0.05) is 43.7 Å². The Bertz CT molecular complexity index is 2510. The average molecular weight is 1180 g/mol. The molecule has 4 aromatic rings. The lowest BCUT2D eigenvalue weighted by Gasteiger charge is -2.29. The molecule has 4 fully saturated rings. The van der Waals surface area contributed by atoms with Crippen LogP contribution in [-0.2, 0) is 84.0 Å². The van der Waals surface area contributed by atoms with Gasteiger partial charge < -0.3 is 64.5 Å². The minimum absolute atomic E-state index is 0.137. The minimum Gasteiger partial charge on any atom is -0.491 e. The van der Waals surface area contributed by atoms with Gasteiger partial charge in [-0.3, -0.25) is 0 Å². The van der Waals surface area contributed by atoms with Crippen molar-refractivity contribution in [2.45, 2.75) is 149 Å². The maximum atomic E-state index is 6.67. The molecule has 4 heterocycles. The molecule has 4 aliphatic rings. The van der Waals surface area contributed by atoms with Gasteiger partial charge in [-0.15, -0.1) is 19.7 Å². The van der Waals surface area contributed by atoms with Crippen molar-refractivity contribution in [2.75, 3.05) is 92.5 Å². The molecule has 4 aromatic carbocycles. The molecule has 0 radical (unpaired) electrons. The molecule has 456 valence electrons. The van der Waals surface area contributed by atoms with Crippen molar-refractivity contribution in [3.8, 4) is 45.3 Å². The lowest BCUT2D eigenvalue weighted by atomic mass is 9.93. The van der Waals surface area contributed by atoms with E-state index in [1.807, 2.05) is 65.8 Å². The summed E-state index contributed by atoms with van der Waals surface area (Å²) in [5.74, 6) is 3.71. The second kappa shape index (κ2) is 34.5. The Morgan fingerprint density at radius 1 is 0.398 bits per heavy atom. The summed E-state index contributed by atoms with van der Waals surface area (Å²) in [6.45, 7) is 34.8. The first-order chi connectivity index (χ1) is 40.6. The van der Waals surface area contributed by atoms with Crippen molar-refractivity contribution in [1.82, 2.24) is 0 Å². The largest absolute Gasteiger partial charge is 0.500 e. The SMILES string of the molecule is C=CCc1cc(-c2cc(CC=C)c(OCC3CO3)c(CC=C)c2)ccc1OCC1CO1.CCCCc1cc(-c2cc(CCC[Si](OCC)(OCC)OCC)c(OCC3CO3)c(CCC[Si](OCC)(OCC)OCC)c2)ccc1OCC1CO1. The van der Waals surface area contributed by atoms with E-state index in [1.54, 1.807) is 0 Å². The molecule has 4 aliphatic heterocycles. The number of epoxide rings is 4. The highest BCUT2D eigenvalue weighted by Crippen LogP contribution is 2.39. The summed E-state index contributed by atoms with van der Waals surface area (Å²) in [7, 11) is -5.62. The molecular formula is C67H96O14Si2. The number of hydrogen-bond acceptors (Lipinski definition) is 14. The summed E-state index contributed by atoms with van der Waals surface area (Å²) in [5, 5.41) is 0. The number of unbranched alkanes of at least 4 members (excludes halogenated alkanes) is 1. The van der Waals surface area contributed by atoms with E-state index in [-0.39, 0.29) is 24.4 Å². The predicted molar refractivity (Wildman–Crippen MR) is 333 cm³/mol. The number of aryl methyl sites for hydroxylation is 3. The van der Waals surface area contributed by atoms with Gasteiger partial charge in [0.2, 0.25) is 0 Å². The zero-order valence-electron chi connectivity index (χ0n) is 51.0. The molecule has 16 heteroatoms. The zero-order valence-corrected chi connectivity index (χ0v) is 53.0. The van der Waals surface area contributed by atoms with Crippen LogP contribution in [0.2, 0.25) is 12.1 Å². The van der Waals surface area contributed by atoms with Crippen LogP contribution in [0.3, 0.4) is 0 Å². The summed E-state index contributed by atoms with van der Waals surface area (Å²) >= 11 is 0. The molecule has 8 rings (SSSR count). The van der Waals surface area contributed by atoms with Crippen LogP contribution in [0.1, 0.15) is 108 Å². The Morgan fingerprint density at radius 2 is 0.711 bits per heavy atom. The molecule has 4 saturated heterocycles. The quantitative estimate of drug-likeness (QED) is 0.0236. The van der Waals surface area contributed by atoms with Crippen LogP contribution in [0.4, 0.5) is 0 Å². The van der Waals surface area contributed by atoms with E-state index < -0.39 is 17.6 Å². The lowest BCUT2D eigenvalue weighted by Crippen LogP contribution is -2.46.